The number of nitrogens with one attached hydrogen (secondary N) is 1. The van der Waals surface area contributed by atoms with Gasteiger partial charge in [-0.25, -0.2) is 4.98 Å². The Hall–Kier alpha value is -1.53. The van der Waals surface area contributed by atoms with Gasteiger partial charge in [0.15, 0.2) is 6.10 Å². The van der Waals surface area contributed by atoms with E-state index < -0.39 is 6.10 Å². The first kappa shape index (κ1) is 16.8. The minimum absolute atomic E-state index is 0.0265. The van der Waals surface area contributed by atoms with Gasteiger partial charge in [0.1, 0.15) is 5.75 Å². The standard InChI is InChI=1S/C15H17BrClN3O2/c1-10(8-20-6-5-18-9-20)19-15(21)11(2)22-14-4-3-12(17)7-13(14)16/h3-7,9-11H,8H2,1-2H3,(H,19,21). The molecular weight excluding hydrogens is 370 g/mol. The van der Waals surface area contributed by atoms with Gasteiger partial charge < -0.3 is 14.6 Å². The predicted octanol–water partition coefficient (Wildman–Crippen LogP) is 3.27. The summed E-state index contributed by atoms with van der Waals surface area (Å²) in [4.78, 5) is 16.1. The molecule has 1 amide bonds. The summed E-state index contributed by atoms with van der Waals surface area (Å²) < 4.78 is 8.28. The molecular formula is C15H17BrClN3O2. The SMILES string of the molecule is CC(Cn1ccnc1)NC(=O)C(C)Oc1ccc(Cl)cc1Br. The molecule has 0 bridgehead atoms. The number of hydrogen-bond donors (Lipinski definition) is 1. The minimum Gasteiger partial charge on any atom is -0.480 e. The number of halogens is 2. The van der Waals surface area contributed by atoms with E-state index in [1.54, 1.807) is 37.6 Å². The van der Waals surface area contributed by atoms with Gasteiger partial charge in [-0.1, -0.05) is 11.6 Å². The molecule has 22 heavy (non-hydrogen) atoms. The summed E-state index contributed by atoms with van der Waals surface area (Å²) in [6.45, 7) is 4.30. The lowest BCUT2D eigenvalue weighted by atomic mass is 10.3. The van der Waals surface area contributed by atoms with Crippen molar-refractivity contribution < 1.29 is 9.53 Å². The van der Waals surface area contributed by atoms with Crippen LogP contribution in [0.15, 0.2) is 41.4 Å². The van der Waals surface area contributed by atoms with Crippen molar-refractivity contribution in [3.63, 3.8) is 0 Å². The molecule has 118 valence electrons. The van der Waals surface area contributed by atoms with E-state index >= 15 is 0 Å². The third-order valence-electron chi connectivity index (χ3n) is 3.00. The van der Waals surface area contributed by atoms with Crippen LogP contribution in [0.25, 0.3) is 0 Å². The van der Waals surface area contributed by atoms with E-state index in [0.717, 1.165) is 0 Å². The van der Waals surface area contributed by atoms with Crippen molar-refractivity contribution in [3.8, 4) is 5.75 Å². The second kappa shape index (κ2) is 7.65. The number of rotatable bonds is 6. The molecule has 1 aromatic heterocycles. The summed E-state index contributed by atoms with van der Waals surface area (Å²) in [5.41, 5.74) is 0. The van der Waals surface area contributed by atoms with Crippen LogP contribution in [0.3, 0.4) is 0 Å². The monoisotopic (exact) mass is 385 g/mol. The van der Waals surface area contributed by atoms with Crippen LogP contribution in [-0.4, -0.2) is 27.6 Å². The summed E-state index contributed by atoms with van der Waals surface area (Å²) in [6, 6.07) is 5.14. The fourth-order valence-corrected chi connectivity index (χ4v) is 2.71. The Bertz CT molecular complexity index is 634. The molecule has 1 N–H and O–H groups in total. The normalized spacial score (nSPS) is 13.5. The van der Waals surface area contributed by atoms with Gasteiger partial charge in [-0.2, -0.15) is 0 Å². The van der Waals surface area contributed by atoms with E-state index in [9.17, 15) is 4.79 Å². The van der Waals surface area contributed by atoms with Gasteiger partial charge in [0, 0.05) is 30.0 Å². The molecule has 0 saturated carbocycles. The van der Waals surface area contributed by atoms with E-state index in [1.807, 2.05) is 17.7 Å². The number of nitrogens with zero attached hydrogens (tertiary/aromatic N) is 2. The predicted molar refractivity (Wildman–Crippen MR) is 89.1 cm³/mol. The smallest absolute Gasteiger partial charge is 0.261 e. The van der Waals surface area contributed by atoms with E-state index in [0.29, 0.717) is 21.8 Å². The average Bonchev–Trinajstić information content (AvgIpc) is 2.94. The van der Waals surface area contributed by atoms with Gasteiger partial charge >= 0.3 is 0 Å². The third-order valence-corrected chi connectivity index (χ3v) is 3.85. The van der Waals surface area contributed by atoms with Crippen molar-refractivity contribution in [3.05, 3.63) is 46.4 Å². The maximum atomic E-state index is 12.2. The number of aromatic nitrogens is 2. The number of benzene rings is 1. The van der Waals surface area contributed by atoms with E-state index in [-0.39, 0.29) is 11.9 Å². The molecule has 2 atom stereocenters. The van der Waals surface area contributed by atoms with Crippen LogP contribution in [0.5, 0.6) is 5.75 Å². The van der Waals surface area contributed by atoms with E-state index in [4.69, 9.17) is 16.3 Å². The highest BCUT2D eigenvalue weighted by atomic mass is 79.9. The van der Waals surface area contributed by atoms with Crippen molar-refractivity contribution in [1.82, 2.24) is 14.9 Å². The first-order chi connectivity index (χ1) is 10.5. The number of amides is 1. The molecule has 0 fully saturated rings. The highest BCUT2D eigenvalue weighted by Crippen LogP contribution is 2.28. The number of carbonyl (C=O) groups is 1. The maximum Gasteiger partial charge on any atom is 0.261 e. The molecule has 0 spiro atoms. The Labute approximate surface area is 142 Å². The molecule has 1 heterocycles. The average molecular weight is 387 g/mol. The molecule has 2 unspecified atom stereocenters. The van der Waals surface area contributed by atoms with Gasteiger partial charge in [0.2, 0.25) is 0 Å². The summed E-state index contributed by atoms with van der Waals surface area (Å²) >= 11 is 9.24. The molecule has 7 heteroatoms. The molecule has 0 aliphatic heterocycles. The Kier molecular flexibility index (Phi) is 5.85. The van der Waals surface area contributed by atoms with Crippen LogP contribution < -0.4 is 10.1 Å². The molecule has 1 aromatic carbocycles. The topological polar surface area (TPSA) is 56.2 Å². The molecule has 2 aromatic rings. The van der Waals surface area contributed by atoms with Gasteiger partial charge in [-0.3, -0.25) is 4.79 Å². The minimum atomic E-state index is -0.609. The molecule has 0 radical (unpaired) electrons. The molecule has 2 rings (SSSR count). The Balaban J connectivity index is 1.88. The second-order valence-corrected chi connectivity index (χ2v) is 6.29. The largest absolute Gasteiger partial charge is 0.480 e. The zero-order valence-electron chi connectivity index (χ0n) is 12.3. The fraction of sp³-hybridized carbons (Fsp3) is 0.333. The lowest BCUT2D eigenvalue weighted by molar-refractivity contribution is -0.128. The second-order valence-electron chi connectivity index (χ2n) is 5.00. The van der Waals surface area contributed by atoms with Gasteiger partial charge in [0.05, 0.1) is 10.8 Å². The van der Waals surface area contributed by atoms with Gasteiger partial charge in [-0.05, 0) is 48.0 Å². The van der Waals surface area contributed by atoms with Crippen LogP contribution in [0.2, 0.25) is 5.02 Å². The quantitative estimate of drug-likeness (QED) is 0.829. The van der Waals surface area contributed by atoms with Crippen LogP contribution in [0, 0.1) is 0 Å². The maximum absolute atomic E-state index is 12.2. The number of hydrogen-bond acceptors (Lipinski definition) is 3. The van der Waals surface area contributed by atoms with Crippen molar-refractivity contribution in [2.45, 2.75) is 32.5 Å². The van der Waals surface area contributed by atoms with E-state index in [2.05, 4.69) is 26.2 Å². The van der Waals surface area contributed by atoms with Crippen LogP contribution in [-0.2, 0) is 11.3 Å². The van der Waals surface area contributed by atoms with E-state index in [1.165, 1.54) is 0 Å². The van der Waals surface area contributed by atoms with Crippen LogP contribution in [0.1, 0.15) is 13.8 Å². The summed E-state index contributed by atoms with van der Waals surface area (Å²) in [5.74, 6) is 0.406. The third kappa shape index (κ3) is 4.74. The van der Waals surface area contributed by atoms with Crippen molar-refractivity contribution >= 4 is 33.4 Å². The Morgan fingerprint density at radius 3 is 2.91 bits per heavy atom. The van der Waals surface area contributed by atoms with Gasteiger partial charge in [0.25, 0.3) is 5.91 Å². The zero-order chi connectivity index (χ0) is 16.1. The van der Waals surface area contributed by atoms with Crippen molar-refractivity contribution in [2.24, 2.45) is 0 Å². The zero-order valence-corrected chi connectivity index (χ0v) is 14.6. The summed E-state index contributed by atoms with van der Waals surface area (Å²) in [6.07, 6.45) is 4.67. The van der Waals surface area contributed by atoms with Crippen LogP contribution >= 0.6 is 27.5 Å². The highest BCUT2D eigenvalue weighted by Gasteiger charge is 2.18. The lowest BCUT2D eigenvalue weighted by Gasteiger charge is -2.19. The van der Waals surface area contributed by atoms with Crippen molar-refractivity contribution in [1.29, 1.82) is 0 Å². The first-order valence-electron chi connectivity index (χ1n) is 6.83. The first-order valence-corrected chi connectivity index (χ1v) is 8.00. The number of ether oxygens (including phenoxy) is 1. The fourth-order valence-electron chi connectivity index (χ4n) is 1.93. The molecule has 0 aliphatic carbocycles. The molecule has 0 saturated heterocycles. The highest BCUT2D eigenvalue weighted by molar-refractivity contribution is 9.10. The van der Waals surface area contributed by atoms with Gasteiger partial charge in [-0.15, -0.1) is 0 Å². The summed E-state index contributed by atoms with van der Waals surface area (Å²) in [7, 11) is 0. The Morgan fingerprint density at radius 1 is 1.50 bits per heavy atom. The number of imidazole rings is 1. The Morgan fingerprint density at radius 2 is 2.27 bits per heavy atom. The number of carbonyl (C=O) groups excluding carboxylic acids is 1. The van der Waals surface area contributed by atoms with Crippen molar-refractivity contribution in [2.75, 3.05) is 0 Å². The lowest BCUT2D eigenvalue weighted by Crippen LogP contribution is -2.42. The van der Waals surface area contributed by atoms with Crippen LogP contribution in [0.4, 0.5) is 0 Å². The molecule has 5 nitrogen and oxygen atoms in total. The summed E-state index contributed by atoms with van der Waals surface area (Å²) in [5, 5.41) is 3.52. The molecule has 0 aliphatic rings.